The maximum Gasteiger partial charge on any atom is 0.255 e. The van der Waals surface area contributed by atoms with E-state index < -0.39 is 5.91 Å². The SMILES string of the molecule is CCOc1cc(CNCCCC(C)C)c(Br)cc1OCC(N)=O. The zero-order chi connectivity index (χ0) is 17.2. The number of halogens is 1. The third-order valence-electron chi connectivity index (χ3n) is 3.23. The molecule has 0 atom stereocenters. The quantitative estimate of drug-likeness (QED) is 0.572. The molecule has 1 amide bonds. The number of benzene rings is 1. The van der Waals surface area contributed by atoms with Crippen molar-refractivity contribution in [3.8, 4) is 11.5 Å². The Morgan fingerprint density at radius 3 is 2.61 bits per heavy atom. The van der Waals surface area contributed by atoms with Crippen LogP contribution in [0.1, 0.15) is 39.2 Å². The monoisotopic (exact) mass is 386 g/mol. The van der Waals surface area contributed by atoms with Crippen molar-refractivity contribution >= 4 is 21.8 Å². The van der Waals surface area contributed by atoms with Crippen LogP contribution in [-0.2, 0) is 11.3 Å². The molecule has 0 radical (unpaired) electrons. The van der Waals surface area contributed by atoms with Crippen molar-refractivity contribution in [1.82, 2.24) is 5.32 Å². The highest BCUT2D eigenvalue weighted by Gasteiger charge is 2.11. The Hall–Kier alpha value is -1.27. The first kappa shape index (κ1) is 19.8. The number of hydrogen-bond acceptors (Lipinski definition) is 4. The van der Waals surface area contributed by atoms with Crippen molar-refractivity contribution in [2.24, 2.45) is 11.7 Å². The molecule has 23 heavy (non-hydrogen) atoms. The predicted octanol–water partition coefficient (Wildman–Crippen LogP) is 3.24. The van der Waals surface area contributed by atoms with E-state index in [4.69, 9.17) is 15.2 Å². The Kier molecular flexibility index (Phi) is 9.02. The second-order valence-corrected chi connectivity index (χ2v) is 6.65. The van der Waals surface area contributed by atoms with Gasteiger partial charge in [0.15, 0.2) is 18.1 Å². The van der Waals surface area contributed by atoms with Gasteiger partial charge in [0, 0.05) is 11.0 Å². The highest BCUT2D eigenvalue weighted by molar-refractivity contribution is 9.10. The van der Waals surface area contributed by atoms with Crippen LogP contribution in [0.15, 0.2) is 16.6 Å². The molecule has 0 aromatic heterocycles. The first-order valence-corrected chi connectivity index (χ1v) is 8.80. The lowest BCUT2D eigenvalue weighted by molar-refractivity contribution is -0.119. The molecule has 1 rings (SSSR count). The van der Waals surface area contributed by atoms with E-state index in [-0.39, 0.29) is 6.61 Å². The molecular weight excluding hydrogens is 360 g/mol. The summed E-state index contributed by atoms with van der Waals surface area (Å²) >= 11 is 3.54. The molecule has 0 saturated carbocycles. The Morgan fingerprint density at radius 2 is 2.00 bits per heavy atom. The molecule has 1 aromatic rings. The van der Waals surface area contributed by atoms with Gasteiger partial charge in [-0.25, -0.2) is 0 Å². The average molecular weight is 387 g/mol. The normalized spacial score (nSPS) is 10.8. The number of amides is 1. The van der Waals surface area contributed by atoms with Crippen LogP contribution in [-0.4, -0.2) is 25.7 Å². The standard InChI is InChI=1S/C17H27BrN2O3/c1-4-22-15-8-13(10-20-7-5-6-12(2)3)14(18)9-16(15)23-11-17(19)21/h8-9,12,20H,4-7,10-11H2,1-3H3,(H2,19,21). The van der Waals surface area contributed by atoms with Crippen LogP contribution in [0, 0.1) is 5.92 Å². The highest BCUT2D eigenvalue weighted by atomic mass is 79.9. The number of primary amides is 1. The largest absolute Gasteiger partial charge is 0.490 e. The Labute approximate surface area is 147 Å². The molecule has 130 valence electrons. The van der Waals surface area contributed by atoms with Gasteiger partial charge in [-0.2, -0.15) is 0 Å². The second-order valence-electron chi connectivity index (χ2n) is 5.79. The molecular formula is C17H27BrN2O3. The van der Waals surface area contributed by atoms with Crippen LogP contribution in [0.3, 0.4) is 0 Å². The van der Waals surface area contributed by atoms with Crippen LogP contribution in [0.25, 0.3) is 0 Å². The van der Waals surface area contributed by atoms with Gasteiger partial charge in [-0.1, -0.05) is 29.8 Å². The lowest BCUT2D eigenvalue weighted by Gasteiger charge is -2.15. The minimum absolute atomic E-state index is 0.167. The molecule has 0 aliphatic rings. The molecule has 3 N–H and O–H groups in total. The Balaban J connectivity index is 2.68. The molecule has 0 aliphatic carbocycles. The van der Waals surface area contributed by atoms with E-state index in [0.717, 1.165) is 35.5 Å². The lowest BCUT2D eigenvalue weighted by Crippen LogP contribution is -2.20. The number of carbonyl (C=O) groups is 1. The number of rotatable bonds is 11. The first-order chi connectivity index (χ1) is 10.9. The zero-order valence-corrected chi connectivity index (χ0v) is 15.7. The van der Waals surface area contributed by atoms with Gasteiger partial charge in [0.2, 0.25) is 0 Å². The second kappa shape index (κ2) is 10.5. The van der Waals surface area contributed by atoms with E-state index in [1.807, 2.05) is 19.1 Å². The first-order valence-electron chi connectivity index (χ1n) is 8.01. The van der Waals surface area contributed by atoms with Crippen molar-refractivity contribution in [2.75, 3.05) is 19.8 Å². The smallest absolute Gasteiger partial charge is 0.255 e. The van der Waals surface area contributed by atoms with Crippen LogP contribution >= 0.6 is 15.9 Å². The number of nitrogens with two attached hydrogens (primary N) is 1. The number of hydrogen-bond donors (Lipinski definition) is 2. The summed E-state index contributed by atoms with van der Waals surface area (Å²) in [7, 11) is 0. The van der Waals surface area contributed by atoms with Crippen molar-refractivity contribution in [3.05, 3.63) is 22.2 Å². The maximum absolute atomic E-state index is 10.9. The van der Waals surface area contributed by atoms with Gasteiger partial charge in [-0.15, -0.1) is 0 Å². The van der Waals surface area contributed by atoms with E-state index in [0.29, 0.717) is 18.1 Å². The fourth-order valence-electron chi connectivity index (χ4n) is 2.10. The molecule has 0 aliphatic heterocycles. The topological polar surface area (TPSA) is 73.6 Å². The summed E-state index contributed by atoms with van der Waals surface area (Å²) in [6.07, 6.45) is 2.38. The maximum atomic E-state index is 10.9. The summed E-state index contributed by atoms with van der Waals surface area (Å²) in [4.78, 5) is 10.9. The average Bonchev–Trinajstić information content (AvgIpc) is 2.47. The van der Waals surface area contributed by atoms with Crippen molar-refractivity contribution in [1.29, 1.82) is 0 Å². The van der Waals surface area contributed by atoms with Gasteiger partial charge in [0.25, 0.3) is 5.91 Å². The Bertz CT molecular complexity index is 507. The summed E-state index contributed by atoms with van der Waals surface area (Å²) in [5.41, 5.74) is 6.21. The van der Waals surface area contributed by atoms with E-state index in [1.54, 1.807) is 0 Å². The van der Waals surface area contributed by atoms with Crippen LogP contribution in [0.5, 0.6) is 11.5 Å². The summed E-state index contributed by atoms with van der Waals surface area (Å²) in [6.45, 7) is 8.45. The molecule has 0 unspecified atom stereocenters. The van der Waals surface area contributed by atoms with Gasteiger partial charge < -0.3 is 20.5 Å². The van der Waals surface area contributed by atoms with Crippen molar-refractivity contribution < 1.29 is 14.3 Å². The van der Waals surface area contributed by atoms with Crippen molar-refractivity contribution in [2.45, 2.75) is 40.2 Å². The van der Waals surface area contributed by atoms with Gasteiger partial charge in [0.1, 0.15) is 0 Å². The Morgan fingerprint density at radius 1 is 1.30 bits per heavy atom. The predicted molar refractivity (Wildman–Crippen MR) is 95.8 cm³/mol. The summed E-state index contributed by atoms with van der Waals surface area (Å²) < 4.78 is 11.9. The minimum atomic E-state index is -0.514. The minimum Gasteiger partial charge on any atom is -0.490 e. The molecule has 5 nitrogen and oxygen atoms in total. The van der Waals surface area contributed by atoms with E-state index in [9.17, 15) is 4.79 Å². The van der Waals surface area contributed by atoms with E-state index in [2.05, 4.69) is 35.1 Å². The fourth-order valence-corrected chi connectivity index (χ4v) is 2.56. The van der Waals surface area contributed by atoms with Crippen LogP contribution in [0.2, 0.25) is 0 Å². The van der Waals surface area contributed by atoms with Gasteiger partial charge in [0.05, 0.1) is 6.61 Å². The van der Waals surface area contributed by atoms with Crippen molar-refractivity contribution in [3.63, 3.8) is 0 Å². The molecule has 1 aromatic carbocycles. The number of nitrogens with one attached hydrogen (secondary N) is 1. The fraction of sp³-hybridized carbons (Fsp3) is 0.588. The molecule has 0 spiro atoms. The van der Waals surface area contributed by atoms with Gasteiger partial charge in [-0.05, 0) is 49.9 Å². The molecule has 0 heterocycles. The third-order valence-corrected chi connectivity index (χ3v) is 3.97. The molecule has 0 fully saturated rings. The number of ether oxygens (including phenoxy) is 2. The van der Waals surface area contributed by atoms with E-state index in [1.165, 1.54) is 6.42 Å². The summed E-state index contributed by atoms with van der Waals surface area (Å²) in [6, 6.07) is 3.75. The molecule has 6 heteroatoms. The summed E-state index contributed by atoms with van der Waals surface area (Å²) in [5, 5.41) is 3.44. The zero-order valence-electron chi connectivity index (χ0n) is 14.2. The van der Waals surface area contributed by atoms with Crippen LogP contribution < -0.4 is 20.5 Å². The molecule has 0 bridgehead atoms. The molecule has 0 saturated heterocycles. The lowest BCUT2D eigenvalue weighted by atomic mass is 10.1. The van der Waals surface area contributed by atoms with E-state index >= 15 is 0 Å². The van der Waals surface area contributed by atoms with Gasteiger partial charge >= 0.3 is 0 Å². The van der Waals surface area contributed by atoms with Gasteiger partial charge in [-0.3, -0.25) is 4.79 Å². The summed E-state index contributed by atoms with van der Waals surface area (Å²) in [5.74, 6) is 1.35. The third kappa shape index (κ3) is 7.70. The van der Waals surface area contributed by atoms with Crippen LogP contribution in [0.4, 0.5) is 0 Å². The highest BCUT2D eigenvalue weighted by Crippen LogP contribution is 2.33. The number of carbonyl (C=O) groups excluding carboxylic acids is 1.